The summed E-state index contributed by atoms with van der Waals surface area (Å²) in [4.78, 5) is 36.3. The lowest BCUT2D eigenvalue weighted by Crippen LogP contribution is -2.44. The lowest BCUT2D eigenvalue weighted by Gasteiger charge is -2.13. The van der Waals surface area contributed by atoms with Crippen molar-refractivity contribution in [2.75, 3.05) is 0 Å². The van der Waals surface area contributed by atoms with Crippen LogP contribution in [-0.2, 0) is 4.79 Å². The number of rotatable bonds is 7. The molecule has 2 aromatic heterocycles. The molecule has 0 bridgehead atoms. The molecular weight excluding hydrogens is 390 g/mol. The number of nitrogens with zero attached hydrogens (tertiary/aromatic N) is 2. The molecule has 4 N–H and O–H groups in total. The molecule has 7 nitrogen and oxygen atoms in total. The van der Waals surface area contributed by atoms with E-state index in [1.54, 1.807) is 30.6 Å². The van der Waals surface area contributed by atoms with Crippen molar-refractivity contribution in [2.24, 2.45) is 5.73 Å². The predicted octanol–water partition coefficient (Wildman–Crippen LogP) is 3.31. The minimum atomic E-state index is -0.808. The maximum absolute atomic E-state index is 12.7. The smallest absolute Gasteiger partial charge is 0.252 e. The largest absolute Gasteiger partial charge is 0.368 e. The number of benzene rings is 2. The molecule has 7 heteroatoms. The Hall–Kier alpha value is -4.26. The highest BCUT2D eigenvalue weighted by atomic mass is 16.2. The highest BCUT2D eigenvalue weighted by molar-refractivity contribution is 6.00. The van der Waals surface area contributed by atoms with Crippen LogP contribution in [0.3, 0.4) is 0 Å². The molecule has 0 unspecified atom stereocenters. The van der Waals surface area contributed by atoms with Crippen LogP contribution in [0.1, 0.15) is 22.3 Å². The van der Waals surface area contributed by atoms with Gasteiger partial charge in [0, 0.05) is 23.5 Å². The van der Waals surface area contributed by atoms with Crippen molar-refractivity contribution < 1.29 is 9.59 Å². The number of nitrogens with one attached hydrogen (secondary N) is 2. The van der Waals surface area contributed by atoms with Crippen LogP contribution in [0.5, 0.6) is 0 Å². The summed E-state index contributed by atoms with van der Waals surface area (Å²) in [5.74, 6) is -0.274. The number of hydrogen-bond donors (Lipinski definition) is 3. The van der Waals surface area contributed by atoms with Gasteiger partial charge in [-0.15, -0.1) is 0 Å². The fourth-order valence-corrected chi connectivity index (χ4v) is 3.19. The third-order valence-electron chi connectivity index (χ3n) is 4.83. The van der Waals surface area contributed by atoms with Crippen LogP contribution in [0.25, 0.3) is 28.5 Å². The van der Waals surface area contributed by atoms with Gasteiger partial charge in [-0.3, -0.25) is 14.6 Å². The average Bonchev–Trinajstić information content (AvgIpc) is 3.23. The van der Waals surface area contributed by atoms with Crippen molar-refractivity contribution in [1.82, 2.24) is 20.3 Å². The van der Waals surface area contributed by atoms with Crippen molar-refractivity contribution in [2.45, 2.75) is 12.5 Å². The fraction of sp³-hybridized carbons (Fsp3) is 0.0833. The Labute approximate surface area is 179 Å². The second kappa shape index (κ2) is 9.04. The Kier molecular flexibility index (Phi) is 5.84. The zero-order valence-corrected chi connectivity index (χ0v) is 16.7. The molecule has 0 fully saturated rings. The van der Waals surface area contributed by atoms with E-state index < -0.39 is 11.9 Å². The standard InChI is InChI=1S/C24H21N5O2/c25-22(30)20(8-4-7-16-5-2-1-3-6-16)29-24(31)18-9-10-19-21(15-18)28-23(27-19)17-11-13-26-14-12-17/h1-7,9-15,20H,8H2,(H2,25,30)(H,27,28)(H,29,31)/b7-4+/t20-/m0/s1. The van der Waals surface area contributed by atoms with Crippen molar-refractivity contribution >= 4 is 28.9 Å². The van der Waals surface area contributed by atoms with Gasteiger partial charge in [-0.2, -0.15) is 0 Å². The minimum Gasteiger partial charge on any atom is -0.368 e. The van der Waals surface area contributed by atoms with Crippen LogP contribution in [0, 0.1) is 0 Å². The zero-order chi connectivity index (χ0) is 21.6. The molecule has 0 spiro atoms. The normalized spacial score (nSPS) is 12.1. The summed E-state index contributed by atoms with van der Waals surface area (Å²) in [6.07, 6.45) is 7.40. The number of fused-ring (bicyclic) bond motifs is 1. The lowest BCUT2D eigenvalue weighted by molar-refractivity contribution is -0.119. The Morgan fingerprint density at radius 3 is 2.58 bits per heavy atom. The van der Waals surface area contributed by atoms with Gasteiger partial charge in [-0.25, -0.2) is 4.98 Å². The Balaban J connectivity index is 1.48. The van der Waals surface area contributed by atoms with Gasteiger partial charge in [-0.05, 0) is 42.3 Å². The van der Waals surface area contributed by atoms with E-state index in [2.05, 4.69) is 20.3 Å². The van der Waals surface area contributed by atoms with Gasteiger partial charge < -0.3 is 16.0 Å². The van der Waals surface area contributed by atoms with E-state index >= 15 is 0 Å². The molecule has 1 atom stereocenters. The monoisotopic (exact) mass is 411 g/mol. The van der Waals surface area contributed by atoms with Gasteiger partial charge in [0.15, 0.2) is 0 Å². The zero-order valence-electron chi connectivity index (χ0n) is 16.7. The number of amides is 2. The summed E-state index contributed by atoms with van der Waals surface area (Å²) >= 11 is 0. The summed E-state index contributed by atoms with van der Waals surface area (Å²) in [5.41, 5.74) is 9.27. The maximum Gasteiger partial charge on any atom is 0.252 e. The Morgan fingerprint density at radius 1 is 1.06 bits per heavy atom. The third-order valence-corrected chi connectivity index (χ3v) is 4.83. The molecule has 0 aliphatic rings. The fourth-order valence-electron chi connectivity index (χ4n) is 3.19. The second-order valence-electron chi connectivity index (χ2n) is 7.03. The van der Waals surface area contributed by atoms with E-state index in [1.165, 1.54) is 0 Å². The molecule has 0 radical (unpaired) electrons. The molecule has 2 heterocycles. The van der Waals surface area contributed by atoms with E-state index in [0.29, 0.717) is 17.8 Å². The van der Waals surface area contributed by atoms with Crippen molar-refractivity contribution in [3.63, 3.8) is 0 Å². The number of carbonyl (C=O) groups is 2. The number of hydrogen-bond acceptors (Lipinski definition) is 4. The molecule has 31 heavy (non-hydrogen) atoms. The SMILES string of the molecule is NC(=O)[C@H](C/C=C/c1ccccc1)NC(=O)c1ccc2nc(-c3ccncc3)[nH]c2c1. The minimum absolute atomic E-state index is 0.300. The highest BCUT2D eigenvalue weighted by Gasteiger charge is 2.18. The lowest BCUT2D eigenvalue weighted by atomic mass is 10.1. The number of H-pyrrole nitrogens is 1. The molecular formula is C24H21N5O2. The van der Waals surface area contributed by atoms with E-state index in [0.717, 1.165) is 22.2 Å². The van der Waals surface area contributed by atoms with E-state index in [1.807, 2.05) is 54.6 Å². The van der Waals surface area contributed by atoms with Crippen LogP contribution < -0.4 is 11.1 Å². The van der Waals surface area contributed by atoms with E-state index in [-0.39, 0.29) is 5.91 Å². The summed E-state index contributed by atoms with van der Waals surface area (Å²) in [7, 11) is 0. The molecule has 2 amide bonds. The number of imidazole rings is 1. The first kappa shape index (κ1) is 20.0. The first-order valence-electron chi connectivity index (χ1n) is 9.82. The van der Waals surface area contributed by atoms with E-state index in [4.69, 9.17) is 5.73 Å². The maximum atomic E-state index is 12.7. The summed E-state index contributed by atoms with van der Waals surface area (Å²) in [5, 5.41) is 2.71. The summed E-state index contributed by atoms with van der Waals surface area (Å²) in [6.45, 7) is 0. The van der Waals surface area contributed by atoms with Crippen LogP contribution >= 0.6 is 0 Å². The first-order chi connectivity index (χ1) is 15.1. The molecule has 0 aliphatic carbocycles. The van der Waals surface area contributed by atoms with Gasteiger partial charge in [0.1, 0.15) is 11.9 Å². The summed E-state index contributed by atoms with van der Waals surface area (Å²) in [6, 6.07) is 17.7. The van der Waals surface area contributed by atoms with Crippen LogP contribution in [0.2, 0.25) is 0 Å². The average molecular weight is 411 g/mol. The van der Waals surface area contributed by atoms with Crippen molar-refractivity contribution in [3.8, 4) is 11.4 Å². The van der Waals surface area contributed by atoms with Gasteiger partial charge >= 0.3 is 0 Å². The molecule has 0 saturated heterocycles. The number of nitrogens with two attached hydrogens (primary N) is 1. The number of carbonyl (C=O) groups excluding carboxylic acids is 2. The van der Waals surface area contributed by atoms with Gasteiger partial charge in [-0.1, -0.05) is 42.5 Å². The number of pyridine rings is 1. The third kappa shape index (κ3) is 4.84. The summed E-state index contributed by atoms with van der Waals surface area (Å²) < 4.78 is 0. The molecule has 4 rings (SSSR count). The Bertz CT molecular complexity index is 1230. The Morgan fingerprint density at radius 2 is 1.84 bits per heavy atom. The highest BCUT2D eigenvalue weighted by Crippen LogP contribution is 2.21. The van der Waals surface area contributed by atoms with Gasteiger partial charge in [0.05, 0.1) is 11.0 Å². The number of primary amides is 1. The van der Waals surface area contributed by atoms with Gasteiger partial charge in [0.25, 0.3) is 5.91 Å². The first-order valence-corrected chi connectivity index (χ1v) is 9.82. The van der Waals surface area contributed by atoms with Crippen LogP contribution in [-0.4, -0.2) is 32.8 Å². The van der Waals surface area contributed by atoms with Crippen LogP contribution in [0.15, 0.2) is 79.1 Å². The van der Waals surface area contributed by atoms with Crippen molar-refractivity contribution in [3.05, 3.63) is 90.3 Å². The predicted molar refractivity (Wildman–Crippen MR) is 120 cm³/mol. The molecule has 4 aromatic rings. The quantitative estimate of drug-likeness (QED) is 0.433. The van der Waals surface area contributed by atoms with E-state index in [9.17, 15) is 9.59 Å². The molecule has 0 saturated carbocycles. The second-order valence-corrected chi connectivity index (χ2v) is 7.03. The molecule has 2 aromatic carbocycles. The molecule has 0 aliphatic heterocycles. The molecule has 154 valence electrons. The number of aromatic amines is 1. The van der Waals surface area contributed by atoms with Crippen LogP contribution in [0.4, 0.5) is 0 Å². The van der Waals surface area contributed by atoms with Crippen molar-refractivity contribution in [1.29, 1.82) is 0 Å². The topological polar surface area (TPSA) is 114 Å². The number of aromatic nitrogens is 3. The van der Waals surface area contributed by atoms with Gasteiger partial charge in [0.2, 0.25) is 5.91 Å².